The third-order valence-electron chi connectivity index (χ3n) is 11.2. The Kier molecular flexibility index (Phi) is 18.1. The summed E-state index contributed by atoms with van der Waals surface area (Å²) in [6, 6.07) is 20.8. The first-order valence-corrected chi connectivity index (χ1v) is 28.3. The average molecular weight is 815 g/mol. The van der Waals surface area contributed by atoms with E-state index in [9.17, 15) is 9.90 Å². The Morgan fingerprint density at radius 2 is 1.24 bits per heavy atom. The van der Waals surface area contributed by atoms with Crippen molar-refractivity contribution in [3.05, 3.63) is 60.7 Å². The summed E-state index contributed by atoms with van der Waals surface area (Å²) in [5, 5.41) is 13.9. The van der Waals surface area contributed by atoms with Crippen LogP contribution in [-0.4, -0.2) is 101 Å². The van der Waals surface area contributed by atoms with Crippen molar-refractivity contribution >= 4 is 63.2 Å². The fraction of sp³-hybridized carbons (Fsp3) is 0.675. The zero-order valence-electron chi connectivity index (χ0n) is 35.9. The molecule has 2 aromatic carbocycles. The number of aliphatic hydroxyl groups is 1. The maximum atomic E-state index is 13.6. The van der Waals surface area contributed by atoms with Crippen LogP contribution in [0.4, 0.5) is 0 Å². The first-order valence-electron chi connectivity index (χ1n) is 19.2. The van der Waals surface area contributed by atoms with Crippen molar-refractivity contribution in [2.24, 2.45) is 0 Å². The molecular weight excluding hydrogens is 745 g/mol. The molecule has 54 heavy (non-hydrogen) atoms. The Labute approximate surface area is 334 Å². The predicted octanol–water partition coefficient (Wildman–Crippen LogP) is 8.01. The van der Waals surface area contributed by atoms with Crippen molar-refractivity contribution in [2.45, 2.75) is 154 Å². The summed E-state index contributed by atoms with van der Waals surface area (Å²) < 4.78 is 39.8. The van der Waals surface area contributed by atoms with Gasteiger partial charge in [0.05, 0.1) is 0 Å². The molecule has 0 saturated heterocycles. The van der Waals surface area contributed by atoms with Gasteiger partial charge in [-0.2, -0.15) is 0 Å². The van der Waals surface area contributed by atoms with E-state index in [0.717, 1.165) is 23.2 Å². The number of rotatable bonds is 19. The Balaban J connectivity index is 2.94. The number of aliphatic hydroxyl groups excluding tert-OH is 1. The summed E-state index contributed by atoms with van der Waals surface area (Å²) in [5.41, 5.74) is 0. The minimum atomic E-state index is -3.06. The van der Waals surface area contributed by atoms with Crippen LogP contribution in [0.1, 0.15) is 82.1 Å². The molecule has 0 aliphatic carbocycles. The summed E-state index contributed by atoms with van der Waals surface area (Å²) in [4.78, 5) is 13.6. The molecule has 0 aliphatic heterocycles. The first kappa shape index (κ1) is 48.9. The van der Waals surface area contributed by atoms with E-state index in [2.05, 4.69) is 107 Å². The predicted molar refractivity (Wildman–Crippen MR) is 234 cm³/mol. The number of carbonyl (C=O) groups is 1. The van der Waals surface area contributed by atoms with Crippen LogP contribution in [0.15, 0.2) is 60.7 Å². The summed E-state index contributed by atoms with van der Waals surface area (Å²) >= 11 is 0. The summed E-state index contributed by atoms with van der Waals surface area (Å²) in [5.74, 6) is -0.725. The molecule has 0 saturated carbocycles. The quantitative estimate of drug-likeness (QED) is 0.0661. The van der Waals surface area contributed by atoms with E-state index in [-0.39, 0.29) is 21.7 Å². The summed E-state index contributed by atoms with van der Waals surface area (Å²) in [7, 11) is 3.36. The number of carbonyl (C=O) groups excluding carboxylic acids is 1. The number of methoxy groups -OCH3 is 1. The molecule has 0 fully saturated rings. The van der Waals surface area contributed by atoms with Crippen LogP contribution in [-0.2, 0) is 32.1 Å². The minimum absolute atomic E-state index is 0.0991. The first-order chi connectivity index (χ1) is 24.8. The third kappa shape index (κ3) is 12.4. The van der Waals surface area contributed by atoms with Crippen molar-refractivity contribution in [3.8, 4) is 0 Å². The maximum absolute atomic E-state index is 13.6. The normalized spacial score (nSPS) is 16.7. The standard InChI is InChI=1S/C40H69B2O8PSi3/c1-16-17-28-46-32(29-47-54(40(8,9)10,30-24-20-18-21-25-30)31-26-22-19-23-27-31)34(49-52(12,13)38(2,3)4)35(48-51(41)42)33(43)36(37(44)45-11)50-53(14,15)39(5,6)7/h18-27,32-36,43H,16-17,28-29H2,1-15H3/t32-,33-,34+,35?,36-/m0/s1. The molecule has 2 aromatic rings. The van der Waals surface area contributed by atoms with Gasteiger partial charge in [-0.25, -0.2) is 0 Å². The number of unbranched alkanes of at least 4 members (excludes halogenated alkanes) is 1. The van der Waals surface area contributed by atoms with Crippen LogP contribution < -0.4 is 10.4 Å². The van der Waals surface area contributed by atoms with Gasteiger partial charge in [0, 0.05) is 0 Å². The van der Waals surface area contributed by atoms with Gasteiger partial charge in [-0.3, -0.25) is 0 Å². The van der Waals surface area contributed by atoms with Crippen molar-refractivity contribution in [1.82, 2.24) is 0 Å². The van der Waals surface area contributed by atoms with Crippen molar-refractivity contribution in [3.63, 3.8) is 0 Å². The molecule has 0 aromatic heterocycles. The molecule has 2 radical (unpaired) electrons. The number of esters is 1. The van der Waals surface area contributed by atoms with Crippen molar-refractivity contribution < 1.29 is 37.2 Å². The van der Waals surface area contributed by atoms with E-state index in [1.54, 1.807) is 0 Å². The van der Waals surface area contributed by atoms with Gasteiger partial charge in [0.2, 0.25) is 0 Å². The molecule has 300 valence electrons. The molecule has 0 amide bonds. The summed E-state index contributed by atoms with van der Waals surface area (Å²) in [6.45, 7) is 30.2. The molecule has 0 heterocycles. The second-order valence-corrected chi connectivity index (χ2v) is 33.1. The number of ether oxygens (including phenoxy) is 2. The van der Waals surface area contributed by atoms with Crippen LogP contribution >= 0.6 is 7.34 Å². The molecule has 6 atom stereocenters. The van der Waals surface area contributed by atoms with Gasteiger partial charge in [-0.15, -0.1) is 0 Å². The molecule has 14 heteroatoms. The van der Waals surface area contributed by atoms with Crippen LogP contribution in [0.25, 0.3) is 0 Å². The van der Waals surface area contributed by atoms with Crippen LogP contribution in [0, 0.1) is 0 Å². The average Bonchev–Trinajstić information content (AvgIpc) is 3.07. The van der Waals surface area contributed by atoms with Gasteiger partial charge < -0.3 is 0 Å². The van der Waals surface area contributed by atoms with E-state index in [1.165, 1.54) is 7.11 Å². The zero-order chi connectivity index (χ0) is 41.3. The van der Waals surface area contributed by atoms with Gasteiger partial charge in [0.1, 0.15) is 0 Å². The second kappa shape index (κ2) is 19.9. The monoisotopic (exact) mass is 814 g/mol. The summed E-state index contributed by atoms with van der Waals surface area (Å²) in [6.07, 6.45) is -4.28. The number of hydrogen-bond donors (Lipinski definition) is 1. The van der Waals surface area contributed by atoms with Crippen molar-refractivity contribution in [1.29, 1.82) is 0 Å². The Bertz CT molecular complexity index is 1480. The Morgan fingerprint density at radius 3 is 1.63 bits per heavy atom. The SMILES string of the molecule is [B]P(#B)OC([C@H](O)[C@H](O[Si](C)(C)C(C)(C)C)C(=O)OC)[C@H](O[Si](C)(C)C(C)(C)C)[C@H](CO[Si](c1ccccc1)(c1ccccc1)C(C)(C)C)OCCCC. The van der Waals surface area contributed by atoms with Crippen molar-refractivity contribution in [2.75, 3.05) is 20.3 Å². The Morgan fingerprint density at radius 1 is 0.778 bits per heavy atom. The molecule has 8 nitrogen and oxygen atoms in total. The molecule has 0 bridgehead atoms. The van der Waals surface area contributed by atoms with Crippen LogP contribution in [0.5, 0.6) is 0 Å². The van der Waals surface area contributed by atoms with Gasteiger partial charge in [-0.05, 0) is 0 Å². The van der Waals surface area contributed by atoms with E-state index in [1.807, 2.05) is 49.5 Å². The van der Waals surface area contributed by atoms with Gasteiger partial charge in [0.15, 0.2) is 0 Å². The van der Waals surface area contributed by atoms with Crippen LogP contribution in [0.3, 0.4) is 0 Å². The number of hydrogen-bond acceptors (Lipinski definition) is 8. The van der Waals surface area contributed by atoms with Gasteiger partial charge >= 0.3 is 335 Å². The zero-order valence-corrected chi connectivity index (χ0v) is 39.8. The van der Waals surface area contributed by atoms with E-state index >= 15 is 0 Å². The topological polar surface area (TPSA) is 92.7 Å². The molecule has 2 unspecified atom stereocenters. The van der Waals surface area contributed by atoms with E-state index in [0.29, 0.717) is 6.61 Å². The third-order valence-corrected chi connectivity index (χ3v) is 25.6. The molecular formula is C40H69B2O8PSi3. The molecule has 0 spiro atoms. The number of benzene rings is 2. The molecule has 1 N–H and O–H groups in total. The van der Waals surface area contributed by atoms with E-state index < -0.39 is 68.8 Å². The molecule has 2 rings (SSSR count). The fourth-order valence-electron chi connectivity index (χ4n) is 5.95. The second-order valence-electron chi connectivity index (χ2n) is 18.3. The van der Waals surface area contributed by atoms with Gasteiger partial charge in [0.25, 0.3) is 0 Å². The van der Waals surface area contributed by atoms with E-state index in [4.69, 9.17) is 41.8 Å². The Hall–Kier alpha value is -1.25. The fourth-order valence-corrected chi connectivity index (χ4v) is 13.6. The molecule has 0 aliphatic rings. The van der Waals surface area contributed by atoms with Gasteiger partial charge in [-0.1, -0.05) is 0 Å². The van der Waals surface area contributed by atoms with Crippen LogP contribution in [0.2, 0.25) is 41.3 Å².